The number of hydrogen-bond donors (Lipinski definition) is 1. The molecule has 17 heavy (non-hydrogen) atoms. The SMILES string of the molecule is CCCC(CNC(C)(C)C)N(C)CC(C)CC. The maximum atomic E-state index is 3.64. The molecule has 0 aromatic carbocycles. The van der Waals surface area contributed by atoms with Gasteiger partial charge in [-0.15, -0.1) is 0 Å². The number of hydrogen-bond acceptors (Lipinski definition) is 2. The molecule has 0 rings (SSSR count). The molecular formula is C15H34N2. The standard InChI is InChI=1S/C15H34N2/c1-8-10-14(11-16-15(4,5)6)17(7)12-13(3)9-2/h13-14,16H,8-12H2,1-7H3. The first-order valence-corrected chi connectivity index (χ1v) is 7.25. The lowest BCUT2D eigenvalue weighted by Crippen LogP contribution is -2.47. The summed E-state index contributed by atoms with van der Waals surface area (Å²) in [4.78, 5) is 2.54. The first-order chi connectivity index (χ1) is 7.80. The molecule has 0 bridgehead atoms. The van der Waals surface area contributed by atoms with Crippen LogP contribution in [0.1, 0.15) is 60.8 Å². The Bertz CT molecular complexity index is 184. The quantitative estimate of drug-likeness (QED) is 0.700. The molecule has 0 aliphatic heterocycles. The molecule has 0 aromatic rings. The van der Waals surface area contributed by atoms with Gasteiger partial charge in [-0.2, -0.15) is 0 Å². The van der Waals surface area contributed by atoms with Crippen LogP contribution in [0.5, 0.6) is 0 Å². The van der Waals surface area contributed by atoms with Crippen LogP contribution in [0.3, 0.4) is 0 Å². The van der Waals surface area contributed by atoms with Crippen molar-refractivity contribution in [2.24, 2.45) is 5.92 Å². The van der Waals surface area contributed by atoms with Crippen molar-refractivity contribution >= 4 is 0 Å². The van der Waals surface area contributed by atoms with Crippen LogP contribution in [-0.2, 0) is 0 Å². The second-order valence-corrected chi connectivity index (χ2v) is 6.53. The van der Waals surface area contributed by atoms with E-state index in [9.17, 15) is 0 Å². The van der Waals surface area contributed by atoms with E-state index in [1.165, 1.54) is 25.8 Å². The van der Waals surface area contributed by atoms with Gasteiger partial charge in [-0.25, -0.2) is 0 Å². The summed E-state index contributed by atoms with van der Waals surface area (Å²) in [6, 6.07) is 0.674. The number of rotatable bonds is 8. The van der Waals surface area contributed by atoms with Crippen molar-refractivity contribution in [3.63, 3.8) is 0 Å². The third-order valence-corrected chi connectivity index (χ3v) is 3.41. The predicted octanol–water partition coefficient (Wildman–Crippen LogP) is 3.52. The summed E-state index contributed by atoms with van der Waals surface area (Å²) in [7, 11) is 2.27. The Morgan fingerprint density at radius 1 is 1.18 bits per heavy atom. The Balaban J connectivity index is 4.20. The molecule has 0 aliphatic rings. The Morgan fingerprint density at radius 2 is 1.76 bits per heavy atom. The maximum absolute atomic E-state index is 3.64. The Hall–Kier alpha value is -0.0800. The van der Waals surface area contributed by atoms with Crippen molar-refractivity contribution in [2.45, 2.75) is 72.4 Å². The van der Waals surface area contributed by atoms with E-state index >= 15 is 0 Å². The zero-order valence-corrected chi connectivity index (χ0v) is 13.1. The molecule has 2 heteroatoms. The van der Waals surface area contributed by atoms with Crippen LogP contribution in [0, 0.1) is 5.92 Å². The van der Waals surface area contributed by atoms with E-state index in [0.717, 1.165) is 12.5 Å². The normalized spacial score (nSPS) is 16.2. The second kappa shape index (κ2) is 8.10. The van der Waals surface area contributed by atoms with Gasteiger partial charge in [0.2, 0.25) is 0 Å². The van der Waals surface area contributed by atoms with Crippen LogP contribution in [0.2, 0.25) is 0 Å². The fraction of sp³-hybridized carbons (Fsp3) is 1.00. The van der Waals surface area contributed by atoms with Crippen molar-refractivity contribution in [2.75, 3.05) is 20.1 Å². The number of nitrogens with one attached hydrogen (secondary N) is 1. The summed E-state index contributed by atoms with van der Waals surface area (Å²) in [5.74, 6) is 0.800. The Labute approximate surface area is 109 Å². The van der Waals surface area contributed by atoms with Crippen LogP contribution >= 0.6 is 0 Å². The molecule has 0 amide bonds. The van der Waals surface area contributed by atoms with E-state index in [1.54, 1.807) is 0 Å². The minimum absolute atomic E-state index is 0.225. The molecule has 0 spiro atoms. The monoisotopic (exact) mass is 242 g/mol. The van der Waals surface area contributed by atoms with Gasteiger partial charge in [-0.3, -0.25) is 0 Å². The molecule has 2 unspecified atom stereocenters. The zero-order valence-electron chi connectivity index (χ0n) is 13.1. The van der Waals surface area contributed by atoms with E-state index in [4.69, 9.17) is 0 Å². The molecule has 0 fully saturated rings. The lowest BCUT2D eigenvalue weighted by molar-refractivity contribution is 0.185. The van der Waals surface area contributed by atoms with Crippen molar-refractivity contribution in [1.29, 1.82) is 0 Å². The molecule has 2 nitrogen and oxygen atoms in total. The van der Waals surface area contributed by atoms with Gasteiger partial charge in [-0.05, 0) is 40.2 Å². The highest BCUT2D eigenvalue weighted by atomic mass is 15.2. The van der Waals surface area contributed by atoms with Gasteiger partial charge in [0, 0.05) is 24.7 Å². The molecule has 0 heterocycles. The van der Waals surface area contributed by atoms with Gasteiger partial charge in [0.15, 0.2) is 0 Å². The highest BCUT2D eigenvalue weighted by Crippen LogP contribution is 2.11. The van der Waals surface area contributed by atoms with Gasteiger partial charge < -0.3 is 10.2 Å². The molecule has 0 saturated carbocycles. The molecule has 0 radical (unpaired) electrons. The minimum Gasteiger partial charge on any atom is -0.311 e. The fourth-order valence-electron chi connectivity index (χ4n) is 2.01. The topological polar surface area (TPSA) is 15.3 Å². The third-order valence-electron chi connectivity index (χ3n) is 3.41. The van der Waals surface area contributed by atoms with Gasteiger partial charge in [0.25, 0.3) is 0 Å². The van der Waals surface area contributed by atoms with Crippen molar-refractivity contribution in [3.8, 4) is 0 Å². The predicted molar refractivity (Wildman–Crippen MR) is 78.5 cm³/mol. The van der Waals surface area contributed by atoms with E-state index < -0.39 is 0 Å². The number of likely N-dealkylation sites (N-methyl/N-ethyl adjacent to an activating group) is 1. The average molecular weight is 242 g/mol. The molecule has 0 aromatic heterocycles. The van der Waals surface area contributed by atoms with E-state index in [0.29, 0.717) is 6.04 Å². The molecular weight excluding hydrogens is 208 g/mol. The van der Waals surface area contributed by atoms with Gasteiger partial charge in [0.05, 0.1) is 0 Å². The van der Waals surface area contributed by atoms with Crippen LogP contribution in [-0.4, -0.2) is 36.6 Å². The Kier molecular flexibility index (Phi) is 8.06. The summed E-state index contributed by atoms with van der Waals surface area (Å²) in [5, 5.41) is 3.64. The molecule has 2 atom stereocenters. The third kappa shape index (κ3) is 8.62. The smallest absolute Gasteiger partial charge is 0.0217 e. The van der Waals surface area contributed by atoms with Crippen molar-refractivity contribution < 1.29 is 0 Å². The van der Waals surface area contributed by atoms with Crippen LogP contribution in [0.15, 0.2) is 0 Å². The lowest BCUT2D eigenvalue weighted by Gasteiger charge is -2.33. The van der Waals surface area contributed by atoms with E-state index in [2.05, 4.69) is 58.8 Å². The molecule has 0 saturated heterocycles. The summed E-state index contributed by atoms with van der Waals surface area (Å²) >= 11 is 0. The van der Waals surface area contributed by atoms with E-state index in [-0.39, 0.29) is 5.54 Å². The highest BCUT2D eigenvalue weighted by molar-refractivity contribution is 4.78. The largest absolute Gasteiger partial charge is 0.311 e. The van der Waals surface area contributed by atoms with Crippen molar-refractivity contribution in [3.05, 3.63) is 0 Å². The van der Waals surface area contributed by atoms with Crippen LogP contribution < -0.4 is 5.32 Å². The summed E-state index contributed by atoms with van der Waals surface area (Å²) in [5.41, 5.74) is 0.225. The lowest BCUT2D eigenvalue weighted by atomic mass is 10.0. The molecule has 104 valence electrons. The maximum Gasteiger partial charge on any atom is 0.0217 e. The van der Waals surface area contributed by atoms with Gasteiger partial charge >= 0.3 is 0 Å². The van der Waals surface area contributed by atoms with Gasteiger partial charge in [0.1, 0.15) is 0 Å². The number of nitrogens with zero attached hydrogens (tertiary/aromatic N) is 1. The average Bonchev–Trinajstić information content (AvgIpc) is 2.22. The van der Waals surface area contributed by atoms with Crippen LogP contribution in [0.25, 0.3) is 0 Å². The molecule has 1 N–H and O–H groups in total. The molecule has 0 aliphatic carbocycles. The minimum atomic E-state index is 0.225. The summed E-state index contributed by atoms with van der Waals surface area (Å²) in [6.07, 6.45) is 3.83. The fourth-order valence-corrected chi connectivity index (χ4v) is 2.01. The highest BCUT2D eigenvalue weighted by Gasteiger charge is 2.18. The first kappa shape index (κ1) is 16.9. The Morgan fingerprint density at radius 3 is 2.18 bits per heavy atom. The van der Waals surface area contributed by atoms with E-state index in [1.807, 2.05) is 0 Å². The van der Waals surface area contributed by atoms with Gasteiger partial charge in [-0.1, -0.05) is 33.6 Å². The van der Waals surface area contributed by atoms with Crippen molar-refractivity contribution in [1.82, 2.24) is 10.2 Å². The summed E-state index contributed by atoms with van der Waals surface area (Å²) < 4.78 is 0. The zero-order chi connectivity index (χ0) is 13.5. The second-order valence-electron chi connectivity index (χ2n) is 6.53. The van der Waals surface area contributed by atoms with Crippen LogP contribution in [0.4, 0.5) is 0 Å². The first-order valence-electron chi connectivity index (χ1n) is 7.25. The summed E-state index contributed by atoms with van der Waals surface area (Å²) in [6.45, 7) is 15.9.